The summed E-state index contributed by atoms with van der Waals surface area (Å²) in [7, 11) is 0. The summed E-state index contributed by atoms with van der Waals surface area (Å²) in [4.78, 5) is 7.20. The third-order valence-electron chi connectivity index (χ3n) is 4.87. The second-order valence-corrected chi connectivity index (χ2v) is 8.23. The van der Waals surface area contributed by atoms with Crippen molar-refractivity contribution in [1.82, 2.24) is 10.6 Å². The summed E-state index contributed by atoms with van der Waals surface area (Å²) < 4.78 is 0. The molecular weight excluding hydrogens is 356 g/mol. The molecule has 0 aromatic heterocycles. The minimum atomic E-state index is 0.252. The van der Waals surface area contributed by atoms with Crippen molar-refractivity contribution in [2.24, 2.45) is 10.9 Å². The smallest absolute Gasteiger partial charge is 0.191 e. The Morgan fingerprint density at radius 3 is 2.52 bits per heavy atom. The van der Waals surface area contributed by atoms with Crippen molar-refractivity contribution < 1.29 is 5.11 Å². The highest BCUT2D eigenvalue weighted by Crippen LogP contribution is 2.20. The number of benzene rings is 1. The van der Waals surface area contributed by atoms with Gasteiger partial charge in [0.15, 0.2) is 5.96 Å². The predicted octanol–water partition coefficient (Wildman–Crippen LogP) is 3.09. The van der Waals surface area contributed by atoms with Gasteiger partial charge >= 0.3 is 0 Å². The first-order chi connectivity index (χ1) is 13.3. The predicted molar refractivity (Wildman–Crippen MR) is 119 cm³/mol. The van der Waals surface area contributed by atoms with Crippen LogP contribution in [0.5, 0.6) is 0 Å². The van der Waals surface area contributed by atoms with Gasteiger partial charge in [-0.2, -0.15) is 11.8 Å². The minimum Gasteiger partial charge on any atom is -0.396 e. The van der Waals surface area contributed by atoms with E-state index in [2.05, 4.69) is 53.6 Å². The van der Waals surface area contributed by atoms with Crippen LogP contribution in [0.3, 0.4) is 0 Å². The molecule has 0 saturated carbocycles. The van der Waals surface area contributed by atoms with E-state index in [1.807, 2.05) is 11.8 Å². The average Bonchev–Trinajstić information content (AvgIpc) is 2.71. The molecule has 1 unspecified atom stereocenters. The second kappa shape index (κ2) is 12.9. The maximum absolute atomic E-state index is 9.22. The third kappa shape index (κ3) is 8.01. The van der Waals surface area contributed by atoms with Crippen molar-refractivity contribution in [2.45, 2.75) is 39.7 Å². The number of nitrogens with one attached hydrogen (secondary N) is 2. The highest BCUT2D eigenvalue weighted by Gasteiger charge is 2.11. The third-order valence-corrected chi connectivity index (χ3v) is 5.81. The molecule has 0 amide bonds. The van der Waals surface area contributed by atoms with Crippen molar-refractivity contribution in [3.63, 3.8) is 0 Å². The fourth-order valence-electron chi connectivity index (χ4n) is 3.33. The Balaban J connectivity index is 1.89. The zero-order valence-corrected chi connectivity index (χ0v) is 17.7. The summed E-state index contributed by atoms with van der Waals surface area (Å²) in [5.41, 5.74) is 2.54. The second-order valence-electron chi connectivity index (χ2n) is 7.01. The molecule has 1 fully saturated rings. The molecule has 152 valence electrons. The number of aliphatic imine (C=N–C) groups is 1. The van der Waals surface area contributed by atoms with Gasteiger partial charge in [-0.1, -0.05) is 25.5 Å². The topological polar surface area (TPSA) is 59.9 Å². The summed E-state index contributed by atoms with van der Waals surface area (Å²) in [6.45, 7) is 9.18. The molecule has 1 atom stereocenters. The molecule has 0 radical (unpaired) electrons. The number of guanidine groups is 1. The maximum atomic E-state index is 9.22. The van der Waals surface area contributed by atoms with Crippen LogP contribution in [-0.4, -0.2) is 55.4 Å². The Bertz CT molecular complexity index is 538. The standard InChI is InChI=1S/C21H36N4OS/c1-3-5-18(10-13-26)16-23-21(22-4-2)24-17-19-6-8-20(9-7-19)25-11-14-27-15-12-25/h6-9,18,26H,3-5,10-17H2,1-2H3,(H2,22,23,24). The molecule has 1 aliphatic heterocycles. The quantitative estimate of drug-likeness (QED) is 0.422. The summed E-state index contributed by atoms with van der Waals surface area (Å²) in [6, 6.07) is 8.82. The Hall–Kier alpha value is -1.40. The number of rotatable bonds is 10. The van der Waals surface area contributed by atoms with E-state index in [-0.39, 0.29) is 6.61 Å². The number of nitrogens with zero attached hydrogens (tertiary/aromatic N) is 2. The molecule has 2 rings (SSSR count). The monoisotopic (exact) mass is 392 g/mol. The summed E-state index contributed by atoms with van der Waals surface area (Å²) in [5, 5.41) is 16.0. The van der Waals surface area contributed by atoms with Crippen molar-refractivity contribution in [1.29, 1.82) is 0 Å². The molecule has 1 saturated heterocycles. The van der Waals surface area contributed by atoms with Gasteiger partial charge in [0.25, 0.3) is 0 Å². The zero-order valence-electron chi connectivity index (χ0n) is 16.9. The van der Waals surface area contributed by atoms with Crippen LogP contribution in [0.15, 0.2) is 29.3 Å². The molecule has 1 heterocycles. The van der Waals surface area contributed by atoms with Crippen LogP contribution in [0.1, 0.15) is 38.7 Å². The van der Waals surface area contributed by atoms with Crippen LogP contribution >= 0.6 is 11.8 Å². The van der Waals surface area contributed by atoms with Gasteiger partial charge < -0.3 is 20.6 Å². The average molecular weight is 393 g/mol. The number of aliphatic hydroxyl groups is 1. The summed E-state index contributed by atoms with van der Waals surface area (Å²) in [5.74, 6) is 3.79. The number of hydrogen-bond acceptors (Lipinski definition) is 4. The maximum Gasteiger partial charge on any atom is 0.191 e. The molecule has 1 aromatic carbocycles. The zero-order chi connectivity index (χ0) is 19.3. The number of hydrogen-bond donors (Lipinski definition) is 3. The Morgan fingerprint density at radius 2 is 1.89 bits per heavy atom. The summed E-state index contributed by atoms with van der Waals surface area (Å²) in [6.07, 6.45) is 3.11. The highest BCUT2D eigenvalue weighted by molar-refractivity contribution is 7.99. The van der Waals surface area contributed by atoms with Crippen LogP contribution in [-0.2, 0) is 6.54 Å². The first-order valence-corrected chi connectivity index (χ1v) is 11.5. The van der Waals surface area contributed by atoms with Gasteiger partial charge in [0, 0.05) is 50.0 Å². The molecule has 0 spiro atoms. The van der Waals surface area contributed by atoms with Crippen LogP contribution in [0.2, 0.25) is 0 Å². The molecule has 1 aliphatic rings. The minimum absolute atomic E-state index is 0.252. The van der Waals surface area contributed by atoms with E-state index in [1.165, 1.54) is 22.8 Å². The van der Waals surface area contributed by atoms with Gasteiger partial charge in [-0.25, -0.2) is 4.99 Å². The van der Waals surface area contributed by atoms with E-state index in [1.54, 1.807) is 0 Å². The Labute approximate surface area is 169 Å². The van der Waals surface area contributed by atoms with Gasteiger partial charge in [0.2, 0.25) is 0 Å². The van der Waals surface area contributed by atoms with E-state index in [0.29, 0.717) is 12.5 Å². The first-order valence-electron chi connectivity index (χ1n) is 10.3. The Morgan fingerprint density at radius 1 is 1.15 bits per heavy atom. The lowest BCUT2D eigenvalue weighted by atomic mass is 10.0. The van der Waals surface area contributed by atoms with Gasteiger partial charge in [-0.3, -0.25) is 0 Å². The fraction of sp³-hybridized carbons (Fsp3) is 0.667. The van der Waals surface area contributed by atoms with Gasteiger partial charge in [0.1, 0.15) is 0 Å². The normalized spacial score (nSPS) is 16.3. The van der Waals surface area contributed by atoms with Crippen LogP contribution in [0, 0.1) is 5.92 Å². The largest absolute Gasteiger partial charge is 0.396 e. The molecule has 3 N–H and O–H groups in total. The van der Waals surface area contributed by atoms with Gasteiger partial charge in [0.05, 0.1) is 6.54 Å². The molecule has 5 nitrogen and oxygen atoms in total. The van der Waals surface area contributed by atoms with Crippen molar-refractivity contribution in [2.75, 3.05) is 49.2 Å². The van der Waals surface area contributed by atoms with Crippen molar-refractivity contribution in [3.05, 3.63) is 29.8 Å². The molecule has 27 heavy (non-hydrogen) atoms. The number of thioether (sulfide) groups is 1. The first kappa shape index (κ1) is 21.9. The lowest BCUT2D eigenvalue weighted by Gasteiger charge is -2.28. The SMILES string of the molecule is CCCC(CCO)CNC(=NCc1ccc(N2CCSCC2)cc1)NCC. The molecule has 0 bridgehead atoms. The lowest BCUT2D eigenvalue weighted by Crippen LogP contribution is -2.40. The lowest BCUT2D eigenvalue weighted by molar-refractivity contribution is 0.251. The number of anilines is 1. The van der Waals surface area contributed by atoms with Crippen LogP contribution in [0.25, 0.3) is 0 Å². The van der Waals surface area contributed by atoms with E-state index >= 15 is 0 Å². The van der Waals surface area contributed by atoms with Crippen molar-refractivity contribution in [3.8, 4) is 0 Å². The molecule has 0 aliphatic carbocycles. The van der Waals surface area contributed by atoms with Gasteiger partial charge in [-0.05, 0) is 43.4 Å². The van der Waals surface area contributed by atoms with Crippen LogP contribution < -0.4 is 15.5 Å². The molecular formula is C21H36N4OS. The van der Waals surface area contributed by atoms with Crippen molar-refractivity contribution >= 4 is 23.4 Å². The van der Waals surface area contributed by atoms with Gasteiger partial charge in [-0.15, -0.1) is 0 Å². The molecule has 6 heteroatoms. The number of aliphatic hydroxyl groups excluding tert-OH is 1. The van der Waals surface area contributed by atoms with E-state index in [0.717, 1.165) is 51.4 Å². The molecule has 1 aromatic rings. The van der Waals surface area contributed by atoms with Crippen LogP contribution in [0.4, 0.5) is 5.69 Å². The Kier molecular flexibility index (Phi) is 10.5. The van der Waals surface area contributed by atoms with E-state index < -0.39 is 0 Å². The van der Waals surface area contributed by atoms with E-state index in [4.69, 9.17) is 4.99 Å². The summed E-state index contributed by atoms with van der Waals surface area (Å²) >= 11 is 2.04. The fourth-order valence-corrected chi connectivity index (χ4v) is 4.23. The highest BCUT2D eigenvalue weighted by atomic mass is 32.2. The van der Waals surface area contributed by atoms with E-state index in [9.17, 15) is 5.11 Å².